The minimum Gasteiger partial charge on any atom is -0.444 e. The summed E-state index contributed by atoms with van der Waals surface area (Å²) in [6.45, 7) is 6.95. The Morgan fingerprint density at radius 3 is 2.17 bits per heavy atom. The second kappa shape index (κ2) is 7.30. The van der Waals surface area contributed by atoms with Crippen molar-refractivity contribution >= 4 is 22.2 Å². The molecule has 3 unspecified atom stereocenters. The SMILES string of the molecule is Cc1ccc(S(=O)(=O)C2C(c3ccccc3)C2(C=O)NC(=O)OC(C)(C)C)cc1. The van der Waals surface area contributed by atoms with E-state index in [4.69, 9.17) is 4.74 Å². The van der Waals surface area contributed by atoms with Gasteiger partial charge in [0.2, 0.25) is 0 Å². The molecule has 2 aromatic rings. The minimum atomic E-state index is -3.89. The Morgan fingerprint density at radius 2 is 1.66 bits per heavy atom. The second-order valence-corrected chi connectivity index (χ2v) is 10.4. The van der Waals surface area contributed by atoms with Crippen LogP contribution in [0.3, 0.4) is 0 Å². The highest BCUT2D eigenvalue weighted by molar-refractivity contribution is 7.92. The van der Waals surface area contributed by atoms with Gasteiger partial charge in [0, 0.05) is 5.92 Å². The van der Waals surface area contributed by atoms with Gasteiger partial charge in [-0.3, -0.25) is 0 Å². The number of hydrogen-bond acceptors (Lipinski definition) is 5. The van der Waals surface area contributed by atoms with Crippen molar-refractivity contribution in [2.45, 2.75) is 54.9 Å². The van der Waals surface area contributed by atoms with Crippen molar-refractivity contribution in [1.29, 1.82) is 0 Å². The van der Waals surface area contributed by atoms with Gasteiger partial charge in [-0.1, -0.05) is 48.0 Å². The molecule has 0 aromatic heterocycles. The van der Waals surface area contributed by atoms with E-state index in [9.17, 15) is 18.0 Å². The number of nitrogens with one attached hydrogen (secondary N) is 1. The number of alkyl carbamates (subject to hydrolysis) is 1. The van der Waals surface area contributed by atoms with Crippen molar-refractivity contribution < 1.29 is 22.7 Å². The number of carbonyl (C=O) groups excluding carboxylic acids is 2. The molecule has 1 saturated carbocycles. The van der Waals surface area contributed by atoms with Crippen LogP contribution in [0.5, 0.6) is 0 Å². The van der Waals surface area contributed by atoms with E-state index < -0.39 is 38.2 Å². The molecule has 7 heteroatoms. The molecule has 0 aliphatic heterocycles. The number of amides is 1. The first-order chi connectivity index (χ1) is 13.5. The Kier molecular flexibility index (Phi) is 5.30. The summed E-state index contributed by atoms with van der Waals surface area (Å²) >= 11 is 0. The van der Waals surface area contributed by atoms with E-state index in [2.05, 4.69) is 5.32 Å². The summed E-state index contributed by atoms with van der Waals surface area (Å²) in [5.74, 6) is -0.708. The quantitative estimate of drug-likeness (QED) is 0.756. The molecule has 6 nitrogen and oxygen atoms in total. The third kappa shape index (κ3) is 4.05. The summed E-state index contributed by atoms with van der Waals surface area (Å²) in [6.07, 6.45) is -0.308. The summed E-state index contributed by atoms with van der Waals surface area (Å²) in [5.41, 5.74) is -0.784. The van der Waals surface area contributed by atoms with Gasteiger partial charge in [0.1, 0.15) is 22.7 Å². The lowest BCUT2D eigenvalue weighted by atomic mass is 10.1. The normalized spacial score (nSPS) is 23.9. The Morgan fingerprint density at radius 1 is 1.07 bits per heavy atom. The van der Waals surface area contributed by atoms with Crippen molar-refractivity contribution in [1.82, 2.24) is 5.32 Å². The monoisotopic (exact) mass is 415 g/mol. The molecule has 1 aliphatic carbocycles. The van der Waals surface area contributed by atoms with Crippen LogP contribution in [0.25, 0.3) is 0 Å². The van der Waals surface area contributed by atoms with Crippen molar-refractivity contribution in [2.75, 3.05) is 0 Å². The van der Waals surface area contributed by atoms with E-state index in [1.54, 1.807) is 63.2 Å². The minimum absolute atomic E-state index is 0.115. The molecule has 3 atom stereocenters. The number of hydrogen-bond donors (Lipinski definition) is 1. The zero-order valence-electron chi connectivity index (χ0n) is 16.9. The molecular weight excluding hydrogens is 390 g/mol. The molecule has 3 rings (SSSR count). The number of rotatable bonds is 5. The van der Waals surface area contributed by atoms with E-state index in [-0.39, 0.29) is 4.90 Å². The largest absolute Gasteiger partial charge is 0.444 e. The molecule has 0 heterocycles. The first-order valence-corrected chi connectivity index (χ1v) is 10.9. The van der Waals surface area contributed by atoms with Crippen molar-refractivity contribution in [3.63, 3.8) is 0 Å². The van der Waals surface area contributed by atoms with Gasteiger partial charge in [-0.25, -0.2) is 13.2 Å². The predicted octanol–water partition coefficient (Wildman–Crippen LogP) is 3.40. The number of benzene rings is 2. The van der Waals surface area contributed by atoms with Crippen LogP contribution in [0.1, 0.15) is 37.8 Å². The number of carbonyl (C=O) groups is 2. The lowest BCUT2D eigenvalue weighted by Gasteiger charge is -2.22. The van der Waals surface area contributed by atoms with Crippen LogP contribution in [0.15, 0.2) is 59.5 Å². The summed E-state index contributed by atoms with van der Waals surface area (Å²) in [4.78, 5) is 24.7. The maximum Gasteiger partial charge on any atom is 0.408 e. The first kappa shape index (κ1) is 21.0. The average molecular weight is 416 g/mol. The fraction of sp³-hybridized carbons (Fsp3) is 0.364. The third-order valence-corrected chi connectivity index (χ3v) is 7.19. The Labute approximate surface area is 171 Å². The number of aldehydes is 1. The van der Waals surface area contributed by atoms with Gasteiger partial charge < -0.3 is 14.8 Å². The fourth-order valence-electron chi connectivity index (χ4n) is 3.59. The highest BCUT2D eigenvalue weighted by atomic mass is 32.2. The zero-order valence-corrected chi connectivity index (χ0v) is 17.7. The molecule has 0 saturated heterocycles. The van der Waals surface area contributed by atoms with E-state index >= 15 is 0 Å². The van der Waals surface area contributed by atoms with E-state index in [1.165, 1.54) is 12.1 Å². The van der Waals surface area contributed by atoms with E-state index in [1.807, 2.05) is 6.92 Å². The highest BCUT2D eigenvalue weighted by Gasteiger charge is 2.73. The molecule has 1 fully saturated rings. The lowest BCUT2D eigenvalue weighted by molar-refractivity contribution is -0.110. The molecule has 0 bridgehead atoms. The second-order valence-electron chi connectivity index (χ2n) is 8.34. The van der Waals surface area contributed by atoms with Gasteiger partial charge in [-0.15, -0.1) is 0 Å². The van der Waals surface area contributed by atoms with Crippen LogP contribution in [-0.2, 0) is 19.4 Å². The average Bonchev–Trinajstić information content (AvgIpc) is 3.30. The molecule has 2 aromatic carbocycles. The highest BCUT2D eigenvalue weighted by Crippen LogP contribution is 2.56. The molecule has 154 valence electrons. The van der Waals surface area contributed by atoms with Crippen molar-refractivity contribution in [3.05, 3.63) is 65.7 Å². The van der Waals surface area contributed by atoms with Crippen LogP contribution in [0.4, 0.5) is 4.79 Å². The number of ether oxygens (including phenoxy) is 1. The van der Waals surface area contributed by atoms with Gasteiger partial charge >= 0.3 is 6.09 Å². The summed E-state index contributed by atoms with van der Waals surface area (Å²) in [6, 6.07) is 15.3. The molecule has 29 heavy (non-hydrogen) atoms. The van der Waals surface area contributed by atoms with Crippen LogP contribution in [0, 0.1) is 6.92 Å². The summed E-state index contributed by atoms with van der Waals surface area (Å²) in [5, 5.41) is 1.43. The van der Waals surface area contributed by atoms with Crippen LogP contribution < -0.4 is 5.32 Å². The van der Waals surface area contributed by atoms with Crippen molar-refractivity contribution in [2.24, 2.45) is 0 Å². The van der Waals surface area contributed by atoms with Crippen molar-refractivity contribution in [3.8, 4) is 0 Å². The molecular formula is C22H25NO5S. The predicted molar refractivity (Wildman–Crippen MR) is 110 cm³/mol. The van der Waals surface area contributed by atoms with Gasteiger partial charge in [-0.05, 0) is 45.4 Å². The molecule has 1 N–H and O–H groups in total. The van der Waals surface area contributed by atoms with Gasteiger partial charge in [0.15, 0.2) is 9.84 Å². The lowest BCUT2D eigenvalue weighted by Crippen LogP contribution is -2.45. The third-order valence-electron chi connectivity index (χ3n) is 4.93. The van der Waals surface area contributed by atoms with E-state index in [0.717, 1.165) is 5.56 Å². The smallest absolute Gasteiger partial charge is 0.408 e. The maximum atomic E-state index is 13.4. The number of sulfone groups is 1. The standard InChI is InChI=1S/C22H25NO5S/c1-15-10-12-17(13-11-15)29(26,27)19-18(16-8-6-5-7-9-16)22(19,14-24)23-20(25)28-21(2,3)4/h5-14,18-19H,1-4H3,(H,23,25). The Hall–Kier alpha value is -2.67. The van der Waals surface area contributed by atoms with Gasteiger partial charge in [0.05, 0.1) is 4.90 Å². The first-order valence-electron chi connectivity index (χ1n) is 9.34. The van der Waals surface area contributed by atoms with Crippen LogP contribution in [-0.4, -0.2) is 37.2 Å². The van der Waals surface area contributed by atoms with E-state index in [0.29, 0.717) is 11.8 Å². The van der Waals surface area contributed by atoms with Gasteiger partial charge in [0.25, 0.3) is 0 Å². The molecule has 1 amide bonds. The molecule has 0 spiro atoms. The Balaban J connectivity index is 2.03. The summed E-state index contributed by atoms with van der Waals surface area (Å²) < 4.78 is 32.0. The molecule has 1 aliphatic rings. The van der Waals surface area contributed by atoms with Crippen LogP contribution in [0.2, 0.25) is 0 Å². The van der Waals surface area contributed by atoms with Gasteiger partial charge in [-0.2, -0.15) is 0 Å². The number of aryl methyl sites for hydroxylation is 1. The zero-order chi connectivity index (χ0) is 21.4. The Bertz CT molecular complexity index is 1010. The van der Waals surface area contributed by atoms with Crippen LogP contribution >= 0.6 is 0 Å². The fourth-order valence-corrected chi connectivity index (χ4v) is 5.84. The molecule has 0 radical (unpaired) electrons. The topological polar surface area (TPSA) is 89.5 Å². The maximum absolute atomic E-state index is 13.4. The summed E-state index contributed by atoms with van der Waals surface area (Å²) in [7, 11) is -3.89.